The van der Waals surface area contributed by atoms with E-state index in [-0.39, 0.29) is 18.9 Å². The maximum absolute atomic E-state index is 12.2. The highest BCUT2D eigenvalue weighted by Crippen LogP contribution is 2.38. The number of carboxylic acids is 1. The van der Waals surface area contributed by atoms with Crippen molar-refractivity contribution < 1.29 is 19.4 Å². The molecule has 2 aliphatic rings. The van der Waals surface area contributed by atoms with Gasteiger partial charge in [-0.05, 0) is 30.9 Å². The number of nitrogens with one attached hydrogen (secondary N) is 1. The lowest BCUT2D eigenvalue weighted by atomic mass is 9.76. The van der Waals surface area contributed by atoms with Crippen LogP contribution in [-0.4, -0.2) is 47.2 Å². The predicted molar refractivity (Wildman–Crippen MR) is 83.9 cm³/mol. The molecule has 0 radical (unpaired) electrons. The Morgan fingerprint density at radius 3 is 2.83 bits per heavy atom. The van der Waals surface area contributed by atoms with Crippen LogP contribution >= 0.6 is 0 Å². The number of amides is 1. The number of carboxylic acid groups (broad SMARTS) is 1. The first-order chi connectivity index (χ1) is 11.1. The quantitative estimate of drug-likeness (QED) is 0.866. The number of aliphatic carboxylic acids is 1. The fraction of sp³-hybridized carbons (Fsp3) is 0.529. The van der Waals surface area contributed by atoms with E-state index in [1.54, 1.807) is 0 Å². The van der Waals surface area contributed by atoms with Gasteiger partial charge in [-0.3, -0.25) is 4.79 Å². The topological polar surface area (TPSA) is 78.9 Å². The minimum absolute atomic E-state index is 0.0497. The highest BCUT2D eigenvalue weighted by molar-refractivity contribution is 5.73. The lowest BCUT2D eigenvalue weighted by Gasteiger charge is -2.42. The smallest absolute Gasteiger partial charge is 0.407 e. The summed E-state index contributed by atoms with van der Waals surface area (Å²) in [6.07, 6.45) is 0.998. The van der Waals surface area contributed by atoms with Crippen molar-refractivity contribution in [2.45, 2.75) is 31.4 Å². The molecule has 2 fully saturated rings. The van der Waals surface area contributed by atoms with E-state index in [4.69, 9.17) is 4.74 Å². The van der Waals surface area contributed by atoms with E-state index < -0.39 is 17.6 Å². The zero-order chi connectivity index (χ0) is 16.3. The van der Waals surface area contributed by atoms with E-state index >= 15 is 0 Å². The Hall–Kier alpha value is -2.08. The SMILES string of the molecule is O=C(O)CC1(NC(=O)OCc2ccccc2)CCN2CCC1C2. The van der Waals surface area contributed by atoms with Gasteiger partial charge in [-0.15, -0.1) is 0 Å². The molecule has 124 valence electrons. The summed E-state index contributed by atoms with van der Waals surface area (Å²) in [7, 11) is 0. The van der Waals surface area contributed by atoms with E-state index in [1.165, 1.54) is 0 Å². The number of piperidine rings is 1. The van der Waals surface area contributed by atoms with E-state index in [9.17, 15) is 14.7 Å². The second kappa shape index (κ2) is 6.58. The van der Waals surface area contributed by atoms with Gasteiger partial charge in [0, 0.05) is 13.1 Å². The Labute approximate surface area is 135 Å². The van der Waals surface area contributed by atoms with Crippen LogP contribution in [0.5, 0.6) is 0 Å². The average Bonchev–Trinajstić information content (AvgIpc) is 2.95. The van der Waals surface area contributed by atoms with Gasteiger partial charge in [0.1, 0.15) is 6.61 Å². The van der Waals surface area contributed by atoms with Crippen molar-refractivity contribution in [3.63, 3.8) is 0 Å². The number of alkyl carbamates (subject to hydrolysis) is 1. The van der Waals surface area contributed by atoms with Crippen molar-refractivity contribution in [3.05, 3.63) is 35.9 Å². The second-order valence-corrected chi connectivity index (χ2v) is 6.45. The van der Waals surface area contributed by atoms with Gasteiger partial charge < -0.3 is 20.1 Å². The van der Waals surface area contributed by atoms with E-state index in [0.29, 0.717) is 6.42 Å². The van der Waals surface area contributed by atoms with Crippen molar-refractivity contribution in [2.75, 3.05) is 19.6 Å². The van der Waals surface area contributed by atoms with Crippen LogP contribution in [0.4, 0.5) is 4.79 Å². The van der Waals surface area contributed by atoms with Crippen LogP contribution in [0, 0.1) is 5.92 Å². The molecule has 1 aromatic rings. The molecule has 2 bridgehead atoms. The van der Waals surface area contributed by atoms with Gasteiger partial charge in [0.25, 0.3) is 0 Å². The molecule has 0 aliphatic carbocycles. The molecule has 0 aromatic heterocycles. The molecule has 6 nitrogen and oxygen atoms in total. The first-order valence-corrected chi connectivity index (χ1v) is 8.00. The summed E-state index contributed by atoms with van der Waals surface area (Å²) in [6, 6.07) is 9.44. The highest BCUT2D eigenvalue weighted by Gasteiger charge is 2.48. The monoisotopic (exact) mass is 318 g/mol. The molecule has 1 amide bonds. The Kier molecular flexibility index (Phi) is 4.52. The minimum atomic E-state index is -0.881. The number of benzene rings is 1. The Morgan fingerprint density at radius 2 is 2.09 bits per heavy atom. The maximum atomic E-state index is 12.2. The van der Waals surface area contributed by atoms with Gasteiger partial charge in [-0.2, -0.15) is 0 Å². The molecule has 3 rings (SSSR count). The lowest BCUT2D eigenvalue weighted by Crippen LogP contribution is -2.59. The summed E-state index contributed by atoms with van der Waals surface area (Å²) in [6.45, 7) is 2.84. The van der Waals surface area contributed by atoms with Crippen molar-refractivity contribution in [1.82, 2.24) is 10.2 Å². The van der Waals surface area contributed by atoms with Crippen molar-refractivity contribution in [1.29, 1.82) is 0 Å². The maximum Gasteiger partial charge on any atom is 0.407 e. The highest BCUT2D eigenvalue weighted by atomic mass is 16.5. The minimum Gasteiger partial charge on any atom is -0.481 e. The lowest BCUT2D eigenvalue weighted by molar-refractivity contribution is -0.139. The molecule has 2 N–H and O–H groups in total. The fourth-order valence-electron chi connectivity index (χ4n) is 3.72. The van der Waals surface area contributed by atoms with E-state index in [2.05, 4.69) is 10.2 Å². The Bertz CT molecular complexity index is 577. The summed E-state index contributed by atoms with van der Waals surface area (Å²) in [5, 5.41) is 12.2. The van der Waals surface area contributed by atoms with Gasteiger partial charge in [0.2, 0.25) is 0 Å². The van der Waals surface area contributed by atoms with E-state index in [1.807, 2.05) is 30.3 Å². The number of nitrogens with zero attached hydrogens (tertiary/aromatic N) is 1. The molecule has 0 spiro atoms. The van der Waals surface area contributed by atoms with Crippen LogP contribution in [-0.2, 0) is 16.1 Å². The molecule has 6 heteroatoms. The van der Waals surface area contributed by atoms with Crippen LogP contribution in [0.25, 0.3) is 0 Å². The fourth-order valence-corrected chi connectivity index (χ4v) is 3.72. The van der Waals surface area contributed by atoms with Crippen LogP contribution in [0.1, 0.15) is 24.8 Å². The summed E-state index contributed by atoms with van der Waals surface area (Å²) < 4.78 is 5.29. The number of hydrogen-bond donors (Lipinski definition) is 2. The van der Waals surface area contributed by atoms with Crippen molar-refractivity contribution in [3.8, 4) is 0 Å². The normalized spacial score (nSPS) is 29.0. The second-order valence-electron chi connectivity index (χ2n) is 6.45. The van der Waals surface area contributed by atoms with Crippen molar-refractivity contribution >= 4 is 12.1 Å². The zero-order valence-corrected chi connectivity index (χ0v) is 13.0. The molecule has 1 aromatic carbocycles. The molecular weight excluding hydrogens is 296 g/mol. The Morgan fingerprint density at radius 1 is 1.30 bits per heavy atom. The van der Waals surface area contributed by atoms with Crippen molar-refractivity contribution in [2.24, 2.45) is 5.92 Å². The van der Waals surface area contributed by atoms with E-state index in [0.717, 1.165) is 31.6 Å². The molecule has 2 saturated heterocycles. The largest absolute Gasteiger partial charge is 0.481 e. The molecule has 2 aliphatic heterocycles. The van der Waals surface area contributed by atoms with Gasteiger partial charge in [-0.1, -0.05) is 30.3 Å². The summed E-state index contributed by atoms with van der Waals surface area (Å²) in [5.41, 5.74) is 0.220. The molecule has 3 unspecified atom stereocenters. The van der Waals surface area contributed by atoms with Crippen LogP contribution in [0.3, 0.4) is 0 Å². The predicted octanol–water partition coefficient (Wildman–Crippen LogP) is 1.85. The third-order valence-electron chi connectivity index (χ3n) is 4.96. The third kappa shape index (κ3) is 3.64. The molecule has 0 saturated carbocycles. The summed E-state index contributed by atoms with van der Waals surface area (Å²) >= 11 is 0. The van der Waals surface area contributed by atoms with Crippen LogP contribution < -0.4 is 5.32 Å². The molecule has 2 heterocycles. The number of ether oxygens (including phenoxy) is 1. The van der Waals surface area contributed by atoms with Gasteiger partial charge in [0.05, 0.1) is 12.0 Å². The molecular formula is C17H22N2O4. The van der Waals surface area contributed by atoms with Gasteiger partial charge in [-0.25, -0.2) is 4.79 Å². The Balaban J connectivity index is 1.64. The number of rotatable bonds is 5. The molecule has 3 atom stereocenters. The van der Waals surface area contributed by atoms with Crippen LogP contribution in [0.2, 0.25) is 0 Å². The number of hydrogen-bond acceptors (Lipinski definition) is 4. The molecule has 23 heavy (non-hydrogen) atoms. The number of carbonyl (C=O) groups is 2. The zero-order valence-electron chi connectivity index (χ0n) is 13.0. The first kappa shape index (κ1) is 15.8. The summed E-state index contributed by atoms with van der Waals surface area (Å²) in [4.78, 5) is 25.8. The van der Waals surface area contributed by atoms with Crippen LogP contribution in [0.15, 0.2) is 30.3 Å². The standard InChI is InChI=1S/C17H22N2O4/c20-15(21)10-17(7-9-19-8-6-14(17)11-19)18-16(22)23-12-13-4-2-1-3-5-13/h1-5,14H,6-12H2,(H,18,22)(H,20,21). The summed E-state index contributed by atoms with van der Waals surface area (Å²) in [5.74, 6) is -0.703. The third-order valence-corrected chi connectivity index (χ3v) is 4.96. The number of fused-ring (bicyclic) bond motifs is 2. The average molecular weight is 318 g/mol. The van der Waals surface area contributed by atoms with Gasteiger partial charge >= 0.3 is 12.1 Å². The van der Waals surface area contributed by atoms with Gasteiger partial charge in [0.15, 0.2) is 0 Å². The first-order valence-electron chi connectivity index (χ1n) is 8.00. The number of carbonyl (C=O) groups excluding carboxylic acids is 1.